The van der Waals surface area contributed by atoms with Crippen molar-refractivity contribution in [2.24, 2.45) is 17.8 Å². The number of aliphatic hydroxyl groups excluding tert-OH is 1. The number of amides is 3. The molecule has 310 valence electrons. The number of carbonyl (C=O) groups is 5. The Morgan fingerprint density at radius 3 is 2.39 bits per heavy atom. The Balaban J connectivity index is 1.43. The standard InChI is InChI=1S/C43H59N5O9/c1-28(2)37(49)25-38(57-41(53)16-15-40(51)52)35(21-29-9-4-3-5-10-29)46-43(55)36(24-33-26-44-27-45-33)47-42(54)32(23-39(50)48-17-19-56-20-18-48)22-31-13-8-12-30-11-6-7-14-34(30)31/h6-8,11-14,26-29,32,35-38,49H,3-5,9-10,15-25H2,1-2H3,(H,44,45)(H,46,55)(H,47,54)(H,51,52)/t32-,35-,36-,37?,38?/m0/s1. The quantitative estimate of drug-likeness (QED) is 0.103. The minimum atomic E-state index is -1.14. The number of carboxylic acid groups (broad SMARTS) is 1. The zero-order valence-corrected chi connectivity index (χ0v) is 33.2. The molecule has 5 N–H and O–H groups in total. The number of esters is 1. The number of fused-ring (bicyclic) bond motifs is 1. The molecule has 14 nitrogen and oxygen atoms in total. The number of hydrogen-bond acceptors (Lipinski definition) is 9. The highest BCUT2D eigenvalue weighted by Gasteiger charge is 2.36. The minimum Gasteiger partial charge on any atom is -0.481 e. The summed E-state index contributed by atoms with van der Waals surface area (Å²) in [7, 11) is 0. The topological polar surface area (TPSA) is 200 Å². The molecule has 3 aromatic rings. The average Bonchev–Trinajstić information content (AvgIpc) is 3.73. The number of aliphatic carboxylic acids is 1. The predicted octanol–water partition coefficient (Wildman–Crippen LogP) is 4.34. The number of rotatable bonds is 20. The van der Waals surface area contributed by atoms with Gasteiger partial charge in [0.05, 0.1) is 50.4 Å². The van der Waals surface area contributed by atoms with Crippen molar-refractivity contribution in [3.05, 3.63) is 66.2 Å². The molecular weight excluding hydrogens is 730 g/mol. The summed E-state index contributed by atoms with van der Waals surface area (Å²) < 4.78 is 11.4. The highest BCUT2D eigenvalue weighted by molar-refractivity contribution is 5.92. The second kappa shape index (κ2) is 21.6. The summed E-state index contributed by atoms with van der Waals surface area (Å²) in [5.74, 6) is -3.79. The van der Waals surface area contributed by atoms with Crippen LogP contribution in [0.3, 0.4) is 0 Å². The maximum absolute atomic E-state index is 14.6. The lowest BCUT2D eigenvalue weighted by Gasteiger charge is -2.35. The zero-order valence-electron chi connectivity index (χ0n) is 33.2. The summed E-state index contributed by atoms with van der Waals surface area (Å²) in [6, 6.07) is 11.9. The van der Waals surface area contributed by atoms with Crippen molar-refractivity contribution in [2.45, 2.75) is 115 Å². The van der Waals surface area contributed by atoms with Crippen LogP contribution in [-0.4, -0.2) is 105 Å². The lowest BCUT2D eigenvalue weighted by molar-refractivity contribution is -0.156. The molecule has 3 amide bonds. The first-order valence-corrected chi connectivity index (χ1v) is 20.5. The van der Waals surface area contributed by atoms with Crippen LogP contribution in [0.5, 0.6) is 0 Å². The maximum Gasteiger partial charge on any atom is 0.306 e. The number of aromatic amines is 1. The van der Waals surface area contributed by atoms with Crippen LogP contribution in [0.4, 0.5) is 0 Å². The van der Waals surface area contributed by atoms with Crippen molar-refractivity contribution >= 4 is 40.4 Å². The fraction of sp³-hybridized carbons (Fsp3) is 0.581. The maximum atomic E-state index is 14.6. The Morgan fingerprint density at radius 2 is 1.68 bits per heavy atom. The van der Waals surface area contributed by atoms with Crippen molar-refractivity contribution in [3.63, 3.8) is 0 Å². The van der Waals surface area contributed by atoms with Gasteiger partial charge in [0, 0.05) is 44.2 Å². The zero-order chi connectivity index (χ0) is 40.7. The van der Waals surface area contributed by atoms with Crippen LogP contribution in [0, 0.1) is 17.8 Å². The van der Waals surface area contributed by atoms with E-state index in [1.807, 2.05) is 56.3 Å². The molecule has 1 saturated carbocycles. The highest BCUT2D eigenvalue weighted by atomic mass is 16.5. The second-order valence-electron chi connectivity index (χ2n) is 15.9. The van der Waals surface area contributed by atoms with E-state index in [1.54, 1.807) is 11.1 Å². The van der Waals surface area contributed by atoms with Crippen LogP contribution < -0.4 is 10.6 Å². The third-order valence-corrected chi connectivity index (χ3v) is 11.3. The third kappa shape index (κ3) is 13.4. The van der Waals surface area contributed by atoms with Crippen LogP contribution in [-0.2, 0) is 46.3 Å². The molecule has 2 unspecified atom stereocenters. The molecule has 57 heavy (non-hydrogen) atoms. The Kier molecular flexibility index (Phi) is 16.4. The van der Waals surface area contributed by atoms with E-state index in [2.05, 4.69) is 20.6 Å². The molecule has 2 fully saturated rings. The highest BCUT2D eigenvalue weighted by Crippen LogP contribution is 2.30. The number of carboxylic acids is 1. The molecule has 5 rings (SSSR count). The van der Waals surface area contributed by atoms with Crippen LogP contribution in [0.25, 0.3) is 10.8 Å². The average molecular weight is 790 g/mol. The number of H-pyrrole nitrogens is 1. The smallest absolute Gasteiger partial charge is 0.306 e. The summed E-state index contributed by atoms with van der Waals surface area (Å²) in [6.07, 6.45) is 6.25. The van der Waals surface area contributed by atoms with Gasteiger partial charge in [0.2, 0.25) is 17.7 Å². The fourth-order valence-electron chi connectivity index (χ4n) is 7.87. The van der Waals surface area contributed by atoms with E-state index in [-0.39, 0.29) is 49.8 Å². The van der Waals surface area contributed by atoms with Crippen LogP contribution in [0.2, 0.25) is 0 Å². The SMILES string of the molecule is CC(C)C(O)CC(OC(=O)CCC(=O)O)[C@H](CC1CCCCC1)NC(=O)[C@H](Cc1cnc[nH]1)NC(=O)[C@H](CC(=O)N1CCOCC1)Cc1cccc2ccccc12. The van der Waals surface area contributed by atoms with Crippen LogP contribution in [0.1, 0.15) is 89.3 Å². The van der Waals surface area contributed by atoms with Gasteiger partial charge in [-0.25, -0.2) is 4.98 Å². The van der Waals surface area contributed by atoms with E-state index >= 15 is 0 Å². The summed E-state index contributed by atoms with van der Waals surface area (Å²) in [6.45, 7) is 5.40. The van der Waals surface area contributed by atoms with E-state index in [0.29, 0.717) is 38.4 Å². The van der Waals surface area contributed by atoms with Gasteiger partial charge in [-0.2, -0.15) is 0 Å². The molecule has 2 aromatic carbocycles. The molecule has 2 aliphatic rings. The molecule has 0 bridgehead atoms. The van der Waals surface area contributed by atoms with Gasteiger partial charge in [-0.1, -0.05) is 88.4 Å². The molecular formula is C43H59N5O9. The number of nitrogens with one attached hydrogen (secondary N) is 3. The number of aliphatic hydroxyl groups is 1. The predicted molar refractivity (Wildman–Crippen MR) is 213 cm³/mol. The molecule has 0 spiro atoms. The van der Waals surface area contributed by atoms with E-state index < -0.39 is 60.4 Å². The molecule has 1 saturated heterocycles. The lowest BCUT2D eigenvalue weighted by atomic mass is 9.82. The number of aromatic nitrogens is 2. The minimum absolute atomic E-state index is 0.0302. The van der Waals surface area contributed by atoms with Gasteiger partial charge < -0.3 is 40.2 Å². The number of nitrogens with zero attached hydrogens (tertiary/aromatic N) is 2. The monoisotopic (exact) mass is 789 g/mol. The van der Waals surface area contributed by atoms with Gasteiger partial charge in [-0.3, -0.25) is 24.0 Å². The number of hydrogen-bond donors (Lipinski definition) is 5. The lowest BCUT2D eigenvalue weighted by Crippen LogP contribution is -2.56. The molecule has 5 atom stereocenters. The van der Waals surface area contributed by atoms with Gasteiger partial charge >= 0.3 is 11.9 Å². The van der Waals surface area contributed by atoms with Crippen LogP contribution >= 0.6 is 0 Å². The summed E-state index contributed by atoms with van der Waals surface area (Å²) in [4.78, 5) is 75.9. The van der Waals surface area contributed by atoms with E-state index in [1.165, 1.54) is 6.33 Å². The molecule has 1 aromatic heterocycles. The number of morpholine rings is 1. The van der Waals surface area contributed by atoms with E-state index in [4.69, 9.17) is 9.47 Å². The van der Waals surface area contributed by atoms with Gasteiger partial charge in [0.25, 0.3) is 0 Å². The Morgan fingerprint density at radius 1 is 0.947 bits per heavy atom. The Bertz CT molecular complexity index is 1770. The van der Waals surface area contributed by atoms with Crippen molar-refractivity contribution in [2.75, 3.05) is 26.3 Å². The van der Waals surface area contributed by atoms with Gasteiger partial charge in [-0.05, 0) is 41.0 Å². The Labute approximate surface area is 334 Å². The van der Waals surface area contributed by atoms with Gasteiger partial charge in [0.1, 0.15) is 12.1 Å². The number of imidazole rings is 1. The van der Waals surface area contributed by atoms with E-state index in [0.717, 1.165) is 48.4 Å². The van der Waals surface area contributed by atoms with E-state index in [9.17, 15) is 34.2 Å². The van der Waals surface area contributed by atoms with Crippen molar-refractivity contribution in [1.82, 2.24) is 25.5 Å². The fourth-order valence-corrected chi connectivity index (χ4v) is 7.87. The molecule has 1 aliphatic carbocycles. The van der Waals surface area contributed by atoms with Crippen molar-refractivity contribution < 1.29 is 43.7 Å². The third-order valence-electron chi connectivity index (χ3n) is 11.3. The van der Waals surface area contributed by atoms with Crippen LogP contribution in [0.15, 0.2) is 55.0 Å². The first-order chi connectivity index (χ1) is 27.5. The largest absolute Gasteiger partial charge is 0.481 e. The number of ether oxygens (including phenoxy) is 2. The molecule has 0 radical (unpaired) electrons. The normalized spacial score (nSPS) is 17.6. The first kappa shape index (κ1) is 43.3. The molecule has 14 heteroatoms. The van der Waals surface area contributed by atoms with Crippen molar-refractivity contribution in [1.29, 1.82) is 0 Å². The Hall–Kier alpha value is -4.82. The first-order valence-electron chi connectivity index (χ1n) is 20.5. The van der Waals surface area contributed by atoms with Gasteiger partial charge in [0.15, 0.2) is 0 Å². The number of carbonyl (C=O) groups excluding carboxylic acids is 4. The number of benzene rings is 2. The van der Waals surface area contributed by atoms with Gasteiger partial charge in [-0.15, -0.1) is 0 Å². The second-order valence-corrected chi connectivity index (χ2v) is 15.9. The van der Waals surface area contributed by atoms with Crippen molar-refractivity contribution in [3.8, 4) is 0 Å². The summed E-state index contributed by atoms with van der Waals surface area (Å²) >= 11 is 0. The molecule has 2 heterocycles. The summed E-state index contributed by atoms with van der Waals surface area (Å²) in [5, 5.41) is 28.3. The summed E-state index contributed by atoms with van der Waals surface area (Å²) in [5.41, 5.74) is 1.50. The molecule has 1 aliphatic heterocycles.